The van der Waals surface area contributed by atoms with Crippen LogP contribution >= 0.6 is 0 Å². The van der Waals surface area contributed by atoms with Crippen molar-refractivity contribution in [1.29, 1.82) is 0 Å². The van der Waals surface area contributed by atoms with E-state index in [4.69, 9.17) is 0 Å². The normalized spacial score (nSPS) is 14.7. The first-order valence-electron chi connectivity index (χ1n) is 12.8. The first-order chi connectivity index (χ1) is 18.4. The van der Waals surface area contributed by atoms with Crippen LogP contribution in [-0.2, 0) is 7.05 Å². The second-order valence-electron chi connectivity index (χ2n) is 10.9. The molecule has 1 N–H and O–H groups in total. The van der Waals surface area contributed by atoms with E-state index in [0.29, 0.717) is 24.3 Å². The van der Waals surface area contributed by atoms with Crippen LogP contribution in [0.15, 0.2) is 65.7 Å². The van der Waals surface area contributed by atoms with Gasteiger partial charge in [-0.1, -0.05) is 12.1 Å². The summed E-state index contributed by atoms with van der Waals surface area (Å²) >= 11 is 0. The fourth-order valence-corrected chi connectivity index (χ4v) is 5.10. The van der Waals surface area contributed by atoms with E-state index in [9.17, 15) is 18.7 Å². The van der Waals surface area contributed by atoms with Gasteiger partial charge in [-0.25, -0.2) is 18.0 Å². The molecule has 1 saturated heterocycles. The van der Waals surface area contributed by atoms with Crippen LogP contribution in [0.2, 0.25) is 0 Å². The van der Waals surface area contributed by atoms with E-state index in [1.807, 2.05) is 4.90 Å². The molecule has 0 saturated carbocycles. The Morgan fingerprint density at radius 3 is 1.95 bits per heavy atom. The van der Waals surface area contributed by atoms with Crippen LogP contribution < -0.4 is 10.6 Å². The predicted molar refractivity (Wildman–Crippen MR) is 147 cm³/mol. The quantitative estimate of drug-likeness (QED) is 0.372. The molecular formula is C30H31F3N4O2. The van der Waals surface area contributed by atoms with Gasteiger partial charge in [0.05, 0.1) is 11.4 Å². The lowest BCUT2D eigenvalue weighted by Crippen LogP contribution is -2.53. The molecule has 1 aromatic heterocycles. The molecule has 4 aromatic rings. The minimum absolute atomic E-state index is 0.0188. The number of benzene rings is 3. The number of rotatable bonds is 4. The summed E-state index contributed by atoms with van der Waals surface area (Å²) in [6.07, 6.45) is 2.97. The van der Waals surface area contributed by atoms with Gasteiger partial charge in [0.25, 0.3) is 0 Å². The fraction of sp³-hybridized carbons (Fsp3) is 0.300. The van der Waals surface area contributed by atoms with Crippen molar-refractivity contribution in [2.75, 3.05) is 31.1 Å². The zero-order valence-electron chi connectivity index (χ0n) is 22.4. The number of phenols is 1. The van der Waals surface area contributed by atoms with E-state index in [1.165, 1.54) is 47.3 Å². The number of halogens is 3. The molecule has 0 spiro atoms. The minimum Gasteiger partial charge on any atom is -0.507 e. The third kappa shape index (κ3) is 5.06. The number of imidazole rings is 1. The van der Waals surface area contributed by atoms with Gasteiger partial charge in [0.15, 0.2) is 0 Å². The number of anilines is 1. The predicted octanol–water partition coefficient (Wildman–Crippen LogP) is 5.55. The van der Waals surface area contributed by atoms with Crippen LogP contribution in [0.25, 0.3) is 27.9 Å². The van der Waals surface area contributed by atoms with Gasteiger partial charge in [-0.2, -0.15) is 0 Å². The number of aryl methyl sites for hydroxylation is 1. The second-order valence-corrected chi connectivity index (χ2v) is 10.9. The molecule has 2 heterocycles. The van der Waals surface area contributed by atoms with Crippen LogP contribution in [0.4, 0.5) is 18.9 Å². The molecule has 1 aliphatic heterocycles. The second kappa shape index (κ2) is 9.96. The number of hydrogen-bond donors (Lipinski definition) is 1. The lowest BCUT2D eigenvalue weighted by molar-refractivity contribution is 0.128. The number of hydrogen-bond acceptors (Lipinski definition) is 4. The summed E-state index contributed by atoms with van der Waals surface area (Å²) in [4.78, 5) is 16.5. The van der Waals surface area contributed by atoms with Crippen molar-refractivity contribution in [1.82, 2.24) is 14.0 Å². The Morgan fingerprint density at radius 2 is 1.38 bits per heavy atom. The van der Waals surface area contributed by atoms with Crippen LogP contribution in [0, 0.1) is 17.5 Å². The topological polar surface area (TPSA) is 53.6 Å². The highest BCUT2D eigenvalue weighted by Gasteiger charge is 2.27. The summed E-state index contributed by atoms with van der Waals surface area (Å²) in [6, 6.07) is 10.8. The average Bonchev–Trinajstić information content (AvgIpc) is 3.22. The maximum absolute atomic E-state index is 15.1. The summed E-state index contributed by atoms with van der Waals surface area (Å²) in [7, 11) is 1.56. The highest BCUT2D eigenvalue weighted by molar-refractivity contribution is 5.83. The van der Waals surface area contributed by atoms with E-state index in [1.54, 1.807) is 13.1 Å². The Morgan fingerprint density at radius 1 is 0.769 bits per heavy atom. The summed E-state index contributed by atoms with van der Waals surface area (Å²) in [5, 5.41) is 11.2. The smallest absolute Gasteiger partial charge is 0.332 e. The number of nitrogens with zero attached hydrogens (tertiary/aromatic N) is 4. The molecule has 39 heavy (non-hydrogen) atoms. The van der Waals surface area contributed by atoms with Crippen molar-refractivity contribution >= 4 is 5.69 Å². The van der Waals surface area contributed by atoms with Crippen LogP contribution in [0.1, 0.15) is 20.8 Å². The molecule has 0 aliphatic carbocycles. The summed E-state index contributed by atoms with van der Waals surface area (Å²) in [6.45, 7) is 9.26. The highest BCUT2D eigenvalue weighted by Crippen LogP contribution is 2.41. The van der Waals surface area contributed by atoms with E-state index in [2.05, 4.69) is 25.7 Å². The Bertz CT molecular complexity index is 1590. The Labute approximate surface area is 225 Å². The third-order valence-electron chi connectivity index (χ3n) is 7.37. The van der Waals surface area contributed by atoms with Crippen molar-refractivity contribution in [3.05, 3.63) is 88.9 Å². The number of piperazine rings is 1. The molecule has 0 bridgehead atoms. The zero-order valence-corrected chi connectivity index (χ0v) is 22.4. The molecule has 204 valence electrons. The first kappa shape index (κ1) is 26.6. The minimum atomic E-state index is -0.704. The Hall–Kier alpha value is -3.98. The molecule has 0 atom stereocenters. The monoisotopic (exact) mass is 536 g/mol. The first-order valence-corrected chi connectivity index (χ1v) is 12.8. The molecule has 1 fully saturated rings. The van der Waals surface area contributed by atoms with E-state index >= 15 is 4.39 Å². The number of phenolic OH excluding ortho intramolecular Hbond substituents is 1. The number of aromatic nitrogens is 2. The molecule has 3 aromatic carbocycles. The van der Waals surface area contributed by atoms with Gasteiger partial charge in [-0.15, -0.1) is 0 Å². The van der Waals surface area contributed by atoms with Crippen molar-refractivity contribution in [3.63, 3.8) is 0 Å². The Kier molecular flexibility index (Phi) is 6.80. The molecule has 6 nitrogen and oxygen atoms in total. The standard InChI is InChI=1S/C30H31F3N4O2/c1-30(2,3)36-12-10-35(11-13-36)27-16-20(5-7-24(27)32)23-18-21(31)17-22(28(23)38)19-6-8-26(25(33)15-19)37-14-9-34(4)29(37)39/h5-9,14-18,38H,10-13H2,1-4H3. The van der Waals surface area contributed by atoms with Gasteiger partial charge in [0.2, 0.25) is 0 Å². The fourth-order valence-electron chi connectivity index (χ4n) is 5.10. The van der Waals surface area contributed by atoms with Gasteiger partial charge in [-0.05, 0) is 68.3 Å². The lowest BCUT2D eigenvalue weighted by Gasteiger charge is -2.43. The summed E-state index contributed by atoms with van der Waals surface area (Å²) in [5.41, 5.74) is 0.957. The maximum atomic E-state index is 15.1. The molecule has 1 aliphatic rings. The molecular weight excluding hydrogens is 505 g/mol. The van der Waals surface area contributed by atoms with Crippen molar-refractivity contribution < 1.29 is 18.3 Å². The SMILES string of the molecule is Cn1ccn(-c2ccc(-c3cc(F)cc(-c4ccc(F)c(N5CCN(C(C)(C)C)CC5)c4)c3O)cc2F)c1=O. The largest absolute Gasteiger partial charge is 0.507 e. The van der Waals surface area contributed by atoms with Gasteiger partial charge in [0, 0.05) is 62.3 Å². The zero-order chi connectivity index (χ0) is 28.1. The van der Waals surface area contributed by atoms with Crippen molar-refractivity contribution in [2.24, 2.45) is 7.05 Å². The molecule has 9 heteroatoms. The van der Waals surface area contributed by atoms with E-state index in [-0.39, 0.29) is 33.7 Å². The summed E-state index contributed by atoms with van der Waals surface area (Å²) < 4.78 is 47.3. The van der Waals surface area contributed by atoms with E-state index < -0.39 is 23.1 Å². The maximum Gasteiger partial charge on any atom is 0.332 e. The third-order valence-corrected chi connectivity index (χ3v) is 7.37. The van der Waals surface area contributed by atoms with Crippen molar-refractivity contribution in [2.45, 2.75) is 26.3 Å². The van der Waals surface area contributed by atoms with E-state index in [0.717, 1.165) is 29.8 Å². The van der Waals surface area contributed by atoms with Gasteiger partial charge < -0.3 is 14.6 Å². The highest BCUT2D eigenvalue weighted by atomic mass is 19.1. The van der Waals surface area contributed by atoms with Crippen LogP contribution in [0.3, 0.4) is 0 Å². The molecule has 5 rings (SSSR count). The van der Waals surface area contributed by atoms with Gasteiger partial charge in [-0.3, -0.25) is 9.47 Å². The number of aromatic hydroxyl groups is 1. The van der Waals surface area contributed by atoms with Gasteiger partial charge in [0.1, 0.15) is 23.2 Å². The Balaban J connectivity index is 1.50. The molecule has 0 radical (unpaired) electrons. The van der Waals surface area contributed by atoms with Crippen LogP contribution in [0.5, 0.6) is 5.75 Å². The van der Waals surface area contributed by atoms with Crippen LogP contribution in [-0.4, -0.2) is 50.9 Å². The molecule has 0 amide bonds. The lowest BCUT2D eigenvalue weighted by atomic mass is 9.96. The van der Waals surface area contributed by atoms with Gasteiger partial charge >= 0.3 is 5.69 Å². The summed E-state index contributed by atoms with van der Waals surface area (Å²) in [5.74, 6) is -1.99. The average molecular weight is 537 g/mol. The van der Waals surface area contributed by atoms with Crippen molar-refractivity contribution in [3.8, 4) is 33.7 Å². The molecule has 0 unspecified atom stereocenters.